The minimum atomic E-state index is -3.65. The lowest BCUT2D eigenvalue weighted by atomic mass is 10.0. The minimum absolute atomic E-state index is 0.178. The molecule has 27 heavy (non-hydrogen) atoms. The lowest BCUT2D eigenvalue weighted by molar-refractivity contribution is -0.116. The average molecular weight is 397 g/mol. The SMILES string of the molecule is CCN(CC(=O)Nc1ccc(NC(C)=O)cc1)S(=O)(=O)N1CCC(C)CC1. The summed E-state index contributed by atoms with van der Waals surface area (Å²) in [6.07, 6.45) is 1.67. The average Bonchev–Trinajstić information content (AvgIpc) is 2.61. The number of hydrogen-bond acceptors (Lipinski definition) is 4. The lowest BCUT2D eigenvalue weighted by Gasteiger charge is -2.33. The molecule has 150 valence electrons. The zero-order chi connectivity index (χ0) is 20.0. The van der Waals surface area contributed by atoms with Crippen LogP contribution in [0.2, 0.25) is 0 Å². The third kappa shape index (κ3) is 6.02. The fraction of sp³-hybridized carbons (Fsp3) is 0.556. The summed E-state index contributed by atoms with van der Waals surface area (Å²) < 4.78 is 28.2. The Kier molecular flexibility index (Phi) is 7.34. The molecule has 0 radical (unpaired) electrons. The highest BCUT2D eigenvalue weighted by molar-refractivity contribution is 7.86. The molecule has 1 fully saturated rings. The van der Waals surface area contributed by atoms with E-state index in [0.717, 1.165) is 12.8 Å². The van der Waals surface area contributed by atoms with Crippen LogP contribution in [-0.2, 0) is 19.8 Å². The molecule has 0 aromatic heterocycles. The van der Waals surface area contributed by atoms with E-state index < -0.39 is 16.1 Å². The van der Waals surface area contributed by atoms with Crippen molar-refractivity contribution < 1.29 is 18.0 Å². The highest BCUT2D eigenvalue weighted by Gasteiger charge is 2.32. The van der Waals surface area contributed by atoms with E-state index in [9.17, 15) is 18.0 Å². The number of hydrogen-bond donors (Lipinski definition) is 2. The van der Waals surface area contributed by atoms with Crippen LogP contribution in [-0.4, -0.2) is 55.0 Å². The van der Waals surface area contributed by atoms with Crippen LogP contribution in [0.1, 0.15) is 33.6 Å². The summed E-state index contributed by atoms with van der Waals surface area (Å²) in [6, 6.07) is 6.64. The standard InChI is InChI=1S/C18H28N4O4S/c1-4-21(27(25,26)22-11-9-14(2)10-12-22)13-18(24)20-17-7-5-16(6-8-17)19-15(3)23/h5-8,14H,4,9-13H2,1-3H3,(H,19,23)(H,20,24). The van der Waals surface area contributed by atoms with Gasteiger partial charge < -0.3 is 10.6 Å². The summed E-state index contributed by atoms with van der Waals surface area (Å²) >= 11 is 0. The van der Waals surface area contributed by atoms with Gasteiger partial charge in [0.05, 0.1) is 6.54 Å². The van der Waals surface area contributed by atoms with Crippen molar-refractivity contribution in [3.05, 3.63) is 24.3 Å². The van der Waals surface area contributed by atoms with Crippen molar-refractivity contribution in [1.82, 2.24) is 8.61 Å². The lowest BCUT2D eigenvalue weighted by Crippen LogP contribution is -2.49. The van der Waals surface area contributed by atoms with Crippen molar-refractivity contribution in [1.29, 1.82) is 0 Å². The van der Waals surface area contributed by atoms with Crippen LogP contribution in [0.15, 0.2) is 24.3 Å². The Morgan fingerprint density at radius 2 is 1.63 bits per heavy atom. The topological polar surface area (TPSA) is 98.8 Å². The molecule has 1 aliphatic rings. The first kappa shape index (κ1) is 21.3. The van der Waals surface area contributed by atoms with Crippen LogP contribution in [0.3, 0.4) is 0 Å². The van der Waals surface area contributed by atoms with Gasteiger partial charge in [-0.1, -0.05) is 13.8 Å². The first-order chi connectivity index (χ1) is 12.7. The van der Waals surface area contributed by atoms with E-state index in [4.69, 9.17) is 0 Å². The van der Waals surface area contributed by atoms with Gasteiger partial charge in [-0.2, -0.15) is 17.0 Å². The second kappa shape index (κ2) is 9.29. The quantitative estimate of drug-likeness (QED) is 0.735. The molecule has 2 amide bonds. The molecule has 1 heterocycles. The van der Waals surface area contributed by atoms with Gasteiger partial charge in [0.25, 0.3) is 10.2 Å². The molecule has 2 N–H and O–H groups in total. The molecule has 1 saturated heterocycles. The van der Waals surface area contributed by atoms with Gasteiger partial charge in [-0.25, -0.2) is 0 Å². The molecular formula is C18H28N4O4S. The molecule has 2 rings (SSSR count). The highest BCUT2D eigenvalue weighted by Crippen LogP contribution is 2.21. The van der Waals surface area contributed by atoms with Crippen molar-refractivity contribution in [3.63, 3.8) is 0 Å². The molecule has 0 spiro atoms. The van der Waals surface area contributed by atoms with Crippen molar-refractivity contribution in [2.75, 3.05) is 36.8 Å². The molecule has 0 aliphatic carbocycles. The molecule has 9 heteroatoms. The van der Waals surface area contributed by atoms with Crippen molar-refractivity contribution in [2.24, 2.45) is 5.92 Å². The number of rotatable bonds is 7. The van der Waals surface area contributed by atoms with Crippen molar-refractivity contribution >= 4 is 33.4 Å². The van der Waals surface area contributed by atoms with Gasteiger partial charge >= 0.3 is 0 Å². The number of benzene rings is 1. The van der Waals surface area contributed by atoms with Crippen LogP contribution in [0.4, 0.5) is 11.4 Å². The molecular weight excluding hydrogens is 368 g/mol. The van der Waals surface area contributed by atoms with Crippen LogP contribution in [0.5, 0.6) is 0 Å². The van der Waals surface area contributed by atoms with Crippen LogP contribution >= 0.6 is 0 Å². The number of anilines is 2. The summed E-state index contributed by atoms with van der Waals surface area (Å²) in [5, 5.41) is 5.33. The Bertz CT molecular complexity index is 756. The van der Waals surface area contributed by atoms with Crippen molar-refractivity contribution in [2.45, 2.75) is 33.6 Å². The number of piperidine rings is 1. The smallest absolute Gasteiger partial charge is 0.282 e. The largest absolute Gasteiger partial charge is 0.326 e. The number of carbonyl (C=O) groups excluding carboxylic acids is 2. The fourth-order valence-electron chi connectivity index (χ4n) is 2.94. The zero-order valence-electron chi connectivity index (χ0n) is 16.1. The van der Waals surface area contributed by atoms with Crippen molar-refractivity contribution in [3.8, 4) is 0 Å². The molecule has 1 aromatic rings. The number of nitrogens with one attached hydrogen (secondary N) is 2. The monoisotopic (exact) mass is 396 g/mol. The summed E-state index contributed by atoms with van der Waals surface area (Å²) in [5.74, 6) is -0.0592. The Morgan fingerprint density at radius 1 is 1.11 bits per heavy atom. The van der Waals surface area contributed by atoms with E-state index in [2.05, 4.69) is 17.6 Å². The highest BCUT2D eigenvalue weighted by atomic mass is 32.2. The van der Waals surface area contributed by atoms with Crippen LogP contribution in [0, 0.1) is 5.92 Å². The molecule has 0 bridgehead atoms. The minimum Gasteiger partial charge on any atom is -0.326 e. The summed E-state index contributed by atoms with van der Waals surface area (Å²) in [4.78, 5) is 23.3. The van der Waals surface area contributed by atoms with Gasteiger partial charge in [0.15, 0.2) is 0 Å². The first-order valence-corrected chi connectivity index (χ1v) is 10.5. The Morgan fingerprint density at radius 3 is 2.11 bits per heavy atom. The van der Waals surface area contributed by atoms with E-state index in [-0.39, 0.29) is 19.0 Å². The maximum Gasteiger partial charge on any atom is 0.282 e. The van der Waals surface area contributed by atoms with E-state index in [0.29, 0.717) is 30.4 Å². The molecule has 0 saturated carbocycles. The number of likely N-dealkylation sites (N-methyl/N-ethyl adjacent to an activating group) is 1. The predicted octanol–water partition coefficient (Wildman–Crippen LogP) is 1.88. The summed E-state index contributed by atoms with van der Waals surface area (Å²) in [5.41, 5.74) is 1.16. The van der Waals surface area contributed by atoms with E-state index in [1.54, 1.807) is 31.2 Å². The van der Waals surface area contributed by atoms with E-state index in [1.807, 2.05) is 0 Å². The normalized spacial score (nSPS) is 16.3. The zero-order valence-corrected chi connectivity index (χ0v) is 16.9. The molecule has 1 aromatic carbocycles. The number of nitrogens with zero attached hydrogens (tertiary/aromatic N) is 2. The third-order valence-corrected chi connectivity index (χ3v) is 6.61. The third-order valence-electron chi connectivity index (χ3n) is 4.56. The Hall–Kier alpha value is -1.97. The summed E-state index contributed by atoms with van der Waals surface area (Å²) in [7, 11) is -3.65. The second-order valence-corrected chi connectivity index (χ2v) is 8.75. The molecule has 0 unspecified atom stereocenters. The van der Waals surface area contributed by atoms with E-state index >= 15 is 0 Å². The molecule has 1 aliphatic heterocycles. The molecule has 0 atom stereocenters. The number of amides is 2. The summed E-state index contributed by atoms with van der Waals surface area (Å²) in [6.45, 7) is 6.23. The van der Waals surface area contributed by atoms with Gasteiger partial charge in [0.1, 0.15) is 0 Å². The van der Waals surface area contributed by atoms with Crippen LogP contribution < -0.4 is 10.6 Å². The van der Waals surface area contributed by atoms with Gasteiger partial charge in [0, 0.05) is 37.9 Å². The Labute approximate surface area is 161 Å². The van der Waals surface area contributed by atoms with Crippen LogP contribution in [0.25, 0.3) is 0 Å². The fourth-order valence-corrected chi connectivity index (χ4v) is 4.54. The molecule has 8 nitrogen and oxygen atoms in total. The van der Waals surface area contributed by atoms with Gasteiger partial charge in [-0.15, -0.1) is 0 Å². The Balaban J connectivity index is 1.96. The first-order valence-electron chi connectivity index (χ1n) is 9.15. The maximum atomic E-state index is 12.8. The maximum absolute atomic E-state index is 12.8. The van der Waals surface area contributed by atoms with Gasteiger partial charge in [-0.3, -0.25) is 9.59 Å². The van der Waals surface area contributed by atoms with Gasteiger partial charge in [-0.05, 0) is 43.0 Å². The van der Waals surface area contributed by atoms with Gasteiger partial charge in [0.2, 0.25) is 11.8 Å². The van der Waals surface area contributed by atoms with E-state index in [1.165, 1.54) is 15.5 Å². The second-order valence-electron chi connectivity index (χ2n) is 6.82. The predicted molar refractivity (Wildman–Crippen MR) is 106 cm³/mol. The number of carbonyl (C=O) groups is 2.